The predicted octanol–water partition coefficient (Wildman–Crippen LogP) is 2.65. The quantitative estimate of drug-likeness (QED) is 0.771. The maximum Gasteiger partial charge on any atom is 0.111 e. The minimum absolute atomic E-state index is 0.382. The fourth-order valence-electron chi connectivity index (χ4n) is 2.85. The first-order chi connectivity index (χ1) is 7.92. The Hall–Kier alpha value is -0.860. The van der Waals surface area contributed by atoms with Gasteiger partial charge >= 0.3 is 0 Å². The van der Waals surface area contributed by atoms with Crippen LogP contribution in [0.25, 0.3) is 0 Å². The van der Waals surface area contributed by atoms with Gasteiger partial charge in [0.2, 0.25) is 0 Å². The average Bonchev–Trinajstić information content (AvgIpc) is 2.39. The largest absolute Gasteiger partial charge is 0.358 e. The van der Waals surface area contributed by atoms with Crippen molar-refractivity contribution in [2.24, 2.45) is 5.92 Å². The van der Waals surface area contributed by atoms with Crippen molar-refractivity contribution in [1.29, 1.82) is 0 Å². The molecule has 1 unspecified atom stereocenters. The summed E-state index contributed by atoms with van der Waals surface area (Å²) in [7, 11) is 0. The molecule has 0 amide bonds. The summed E-state index contributed by atoms with van der Waals surface area (Å²) in [6.07, 6.45) is 4.39. The first-order valence-corrected chi connectivity index (χ1v) is 6.31. The summed E-state index contributed by atoms with van der Waals surface area (Å²) in [5.74, 6) is 0.922. The molecule has 1 aromatic carbocycles. The normalized spacial score (nSPS) is 32.9. The maximum absolute atomic E-state index is 6.03. The van der Waals surface area contributed by atoms with E-state index in [1.54, 1.807) is 0 Å². The second-order valence-corrected chi connectivity index (χ2v) is 4.97. The Labute approximate surface area is 97.2 Å². The highest BCUT2D eigenvalue weighted by atomic mass is 16.5. The van der Waals surface area contributed by atoms with Crippen LogP contribution in [0.4, 0.5) is 0 Å². The average molecular weight is 217 g/mol. The van der Waals surface area contributed by atoms with Gasteiger partial charge in [-0.2, -0.15) is 0 Å². The number of nitrogens with zero attached hydrogens (tertiary/aromatic N) is 1. The summed E-state index contributed by atoms with van der Waals surface area (Å²) in [5, 5.41) is 0. The third kappa shape index (κ3) is 2.13. The molecule has 0 radical (unpaired) electrons. The number of ether oxygens (including phenoxy) is 1. The molecule has 16 heavy (non-hydrogen) atoms. The van der Waals surface area contributed by atoms with Crippen LogP contribution in [-0.4, -0.2) is 24.2 Å². The molecular formula is C14H19NO. The van der Waals surface area contributed by atoms with Gasteiger partial charge in [-0.1, -0.05) is 30.3 Å². The molecule has 2 heteroatoms. The van der Waals surface area contributed by atoms with Crippen molar-refractivity contribution in [3.8, 4) is 0 Å². The highest BCUT2D eigenvalue weighted by molar-refractivity contribution is 5.13. The molecule has 3 aliphatic rings. The molecule has 3 heterocycles. The fraction of sp³-hybridized carbons (Fsp3) is 0.571. The third-order valence-electron chi connectivity index (χ3n) is 3.88. The molecule has 2 nitrogen and oxygen atoms in total. The summed E-state index contributed by atoms with van der Waals surface area (Å²) in [5.41, 5.74) is 1.28. The summed E-state index contributed by atoms with van der Waals surface area (Å²) in [6.45, 7) is 3.24. The number of benzene rings is 1. The van der Waals surface area contributed by atoms with E-state index in [0.717, 1.165) is 12.5 Å². The van der Waals surface area contributed by atoms with Gasteiger partial charge in [-0.15, -0.1) is 0 Å². The predicted molar refractivity (Wildman–Crippen MR) is 63.9 cm³/mol. The molecule has 0 saturated carbocycles. The lowest BCUT2D eigenvalue weighted by molar-refractivity contribution is -0.126. The van der Waals surface area contributed by atoms with E-state index >= 15 is 0 Å². The molecule has 0 aliphatic carbocycles. The number of rotatable bonds is 3. The molecule has 0 N–H and O–H groups in total. The Balaban J connectivity index is 1.56. The van der Waals surface area contributed by atoms with Crippen LogP contribution in [0.3, 0.4) is 0 Å². The molecule has 3 fully saturated rings. The molecule has 1 aromatic rings. The highest BCUT2D eigenvalue weighted by Crippen LogP contribution is 2.32. The summed E-state index contributed by atoms with van der Waals surface area (Å²) in [6, 6.07) is 10.5. The molecule has 1 atom stereocenters. The van der Waals surface area contributed by atoms with Gasteiger partial charge in [0.1, 0.15) is 6.23 Å². The third-order valence-corrected chi connectivity index (χ3v) is 3.88. The van der Waals surface area contributed by atoms with Crippen LogP contribution in [0.5, 0.6) is 0 Å². The molecular weight excluding hydrogens is 198 g/mol. The van der Waals surface area contributed by atoms with Crippen molar-refractivity contribution >= 4 is 0 Å². The van der Waals surface area contributed by atoms with Crippen LogP contribution in [0.15, 0.2) is 30.3 Å². The monoisotopic (exact) mass is 217 g/mol. The minimum Gasteiger partial charge on any atom is -0.358 e. The lowest BCUT2D eigenvalue weighted by atomic mass is 9.87. The molecule has 86 valence electrons. The maximum atomic E-state index is 6.03. The van der Waals surface area contributed by atoms with E-state index in [1.807, 2.05) is 0 Å². The Morgan fingerprint density at radius 2 is 1.88 bits per heavy atom. The first-order valence-electron chi connectivity index (χ1n) is 6.31. The number of piperidine rings is 3. The van der Waals surface area contributed by atoms with Crippen LogP contribution >= 0.6 is 0 Å². The molecule has 0 spiro atoms. The Morgan fingerprint density at radius 3 is 2.50 bits per heavy atom. The van der Waals surface area contributed by atoms with Gasteiger partial charge in [-0.3, -0.25) is 4.90 Å². The summed E-state index contributed by atoms with van der Waals surface area (Å²) < 4.78 is 6.03. The second-order valence-electron chi connectivity index (χ2n) is 4.97. The summed E-state index contributed by atoms with van der Waals surface area (Å²) in [4.78, 5) is 2.50. The van der Waals surface area contributed by atoms with Gasteiger partial charge in [0.15, 0.2) is 0 Å². The van der Waals surface area contributed by atoms with Crippen molar-refractivity contribution in [3.63, 3.8) is 0 Å². The van der Waals surface area contributed by atoms with Gasteiger partial charge in [0, 0.05) is 13.1 Å². The Morgan fingerprint density at radius 1 is 1.12 bits per heavy atom. The van der Waals surface area contributed by atoms with Crippen LogP contribution in [0.2, 0.25) is 0 Å². The molecule has 0 aromatic heterocycles. The number of hydrogen-bond donors (Lipinski definition) is 0. The highest BCUT2D eigenvalue weighted by Gasteiger charge is 2.33. The molecule has 4 rings (SSSR count). The van der Waals surface area contributed by atoms with E-state index in [2.05, 4.69) is 35.2 Å². The SMILES string of the molecule is c1ccc(COC2CC3CCN2CC3)cc1. The summed E-state index contributed by atoms with van der Waals surface area (Å²) >= 11 is 0. The van der Waals surface area contributed by atoms with E-state index in [1.165, 1.54) is 37.9 Å². The number of fused-ring (bicyclic) bond motifs is 3. The minimum atomic E-state index is 0.382. The van der Waals surface area contributed by atoms with Crippen molar-refractivity contribution in [2.75, 3.05) is 13.1 Å². The Kier molecular flexibility index (Phi) is 2.94. The first kappa shape index (κ1) is 10.3. The molecule has 3 aliphatic heterocycles. The van der Waals surface area contributed by atoms with Crippen LogP contribution in [0.1, 0.15) is 24.8 Å². The van der Waals surface area contributed by atoms with Crippen molar-refractivity contribution in [1.82, 2.24) is 4.90 Å². The smallest absolute Gasteiger partial charge is 0.111 e. The van der Waals surface area contributed by atoms with Crippen molar-refractivity contribution in [2.45, 2.75) is 32.1 Å². The topological polar surface area (TPSA) is 12.5 Å². The van der Waals surface area contributed by atoms with Gasteiger partial charge in [0.05, 0.1) is 6.61 Å². The zero-order valence-corrected chi connectivity index (χ0v) is 9.64. The Bertz CT molecular complexity index is 330. The van der Waals surface area contributed by atoms with Crippen molar-refractivity contribution in [3.05, 3.63) is 35.9 Å². The zero-order valence-electron chi connectivity index (χ0n) is 9.64. The lowest BCUT2D eigenvalue weighted by Gasteiger charge is -2.44. The van der Waals surface area contributed by atoms with E-state index in [-0.39, 0.29) is 0 Å². The van der Waals surface area contributed by atoms with Crippen LogP contribution < -0.4 is 0 Å². The van der Waals surface area contributed by atoms with Crippen LogP contribution in [-0.2, 0) is 11.3 Å². The van der Waals surface area contributed by atoms with Gasteiger partial charge in [0.25, 0.3) is 0 Å². The van der Waals surface area contributed by atoms with E-state index in [4.69, 9.17) is 4.74 Å². The zero-order chi connectivity index (χ0) is 10.8. The fourth-order valence-corrected chi connectivity index (χ4v) is 2.85. The number of hydrogen-bond acceptors (Lipinski definition) is 2. The molecule has 2 bridgehead atoms. The van der Waals surface area contributed by atoms with Gasteiger partial charge in [-0.25, -0.2) is 0 Å². The second kappa shape index (κ2) is 4.56. The van der Waals surface area contributed by atoms with Crippen molar-refractivity contribution < 1.29 is 4.74 Å². The van der Waals surface area contributed by atoms with E-state index < -0.39 is 0 Å². The van der Waals surface area contributed by atoms with E-state index in [0.29, 0.717) is 6.23 Å². The lowest BCUT2D eigenvalue weighted by Crippen LogP contribution is -2.49. The standard InChI is InChI=1S/C14H19NO/c1-2-4-13(5-3-1)11-16-14-10-12-6-8-15(14)9-7-12/h1-5,12,14H,6-11H2. The van der Waals surface area contributed by atoms with E-state index in [9.17, 15) is 0 Å². The van der Waals surface area contributed by atoms with Gasteiger partial charge in [-0.05, 0) is 30.7 Å². The molecule has 3 saturated heterocycles. The van der Waals surface area contributed by atoms with Gasteiger partial charge < -0.3 is 4.74 Å². The van der Waals surface area contributed by atoms with Crippen LogP contribution in [0, 0.1) is 5.92 Å².